The summed E-state index contributed by atoms with van der Waals surface area (Å²) in [5.41, 5.74) is -1.13. The van der Waals surface area contributed by atoms with Gasteiger partial charge >= 0.3 is 0 Å². The fraction of sp³-hybridized carbons (Fsp3) is 0.667. The number of rotatable bonds is 4. The van der Waals surface area contributed by atoms with Crippen LogP contribution in [0, 0.1) is 0 Å². The molecule has 2 aliphatic heterocycles. The van der Waals surface area contributed by atoms with E-state index in [4.69, 9.17) is 9.15 Å². The molecule has 0 radical (unpaired) electrons. The molecule has 2 aliphatic rings. The van der Waals surface area contributed by atoms with Crippen molar-refractivity contribution in [2.24, 2.45) is 4.99 Å². The van der Waals surface area contributed by atoms with Gasteiger partial charge in [-0.1, -0.05) is 0 Å². The zero-order valence-corrected chi connectivity index (χ0v) is 18.2. The average Bonchev–Trinajstić information content (AvgIpc) is 3.36. The van der Waals surface area contributed by atoms with Crippen molar-refractivity contribution in [2.75, 3.05) is 46.4 Å². The number of halogens is 1. The minimum Gasteiger partial charge on any atom is -0.466 e. The van der Waals surface area contributed by atoms with Gasteiger partial charge in [-0.15, -0.1) is 24.0 Å². The molecule has 9 heteroatoms. The first-order chi connectivity index (χ1) is 12.5. The van der Waals surface area contributed by atoms with Crippen LogP contribution in [-0.2, 0) is 15.1 Å². The molecule has 1 amide bonds. The highest BCUT2D eigenvalue weighted by Crippen LogP contribution is 2.20. The fourth-order valence-corrected chi connectivity index (χ4v) is 3.37. The van der Waals surface area contributed by atoms with E-state index < -0.39 is 5.60 Å². The highest BCUT2D eigenvalue weighted by molar-refractivity contribution is 14.0. The number of carbonyl (C=O) groups excluding carboxylic acids is 1. The molecule has 27 heavy (non-hydrogen) atoms. The Morgan fingerprint density at radius 2 is 2.07 bits per heavy atom. The number of hydrogen-bond donors (Lipinski definition) is 2. The van der Waals surface area contributed by atoms with Crippen molar-refractivity contribution in [3.05, 3.63) is 24.2 Å². The summed E-state index contributed by atoms with van der Waals surface area (Å²) in [7, 11) is 1.72. The standard InChI is InChI=1S/C18H28N4O4.HI/c1-18(24,15-6-4-12-26-15)13-20-17(19-2)22-9-7-21(8-10-22)16(23)14-5-3-11-25-14;/h4,6,12,14,24H,3,5,7-11,13H2,1-2H3,(H,19,20);1H. The van der Waals surface area contributed by atoms with Crippen molar-refractivity contribution < 1.29 is 19.1 Å². The molecule has 0 aromatic carbocycles. The van der Waals surface area contributed by atoms with Gasteiger partial charge in [0.1, 0.15) is 17.5 Å². The largest absolute Gasteiger partial charge is 0.466 e. The van der Waals surface area contributed by atoms with E-state index in [1.54, 1.807) is 32.4 Å². The van der Waals surface area contributed by atoms with Crippen LogP contribution in [0.1, 0.15) is 25.5 Å². The first kappa shape index (κ1) is 22.0. The van der Waals surface area contributed by atoms with Crippen molar-refractivity contribution in [1.29, 1.82) is 0 Å². The lowest BCUT2D eigenvalue weighted by Gasteiger charge is -2.37. The van der Waals surface area contributed by atoms with Gasteiger partial charge in [-0.2, -0.15) is 0 Å². The number of furan rings is 1. The SMILES string of the molecule is CN=C(NCC(C)(O)c1ccco1)N1CCN(C(=O)C2CCCO2)CC1.I. The number of nitrogens with zero attached hydrogens (tertiary/aromatic N) is 3. The number of carbonyl (C=O) groups is 1. The van der Waals surface area contributed by atoms with Gasteiger partial charge < -0.3 is 29.4 Å². The van der Waals surface area contributed by atoms with Crippen LogP contribution in [0.4, 0.5) is 0 Å². The van der Waals surface area contributed by atoms with Gasteiger partial charge in [0.15, 0.2) is 5.96 Å². The molecule has 0 saturated carbocycles. The second-order valence-electron chi connectivity index (χ2n) is 6.97. The molecule has 3 heterocycles. The van der Waals surface area contributed by atoms with Crippen molar-refractivity contribution >= 4 is 35.8 Å². The quantitative estimate of drug-likeness (QED) is 0.371. The summed E-state index contributed by atoms with van der Waals surface area (Å²) in [5, 5.41) is 13.8. The van der Waals surface area contributed by atoms with E-state index >= 15 is 0 Å². The summed E-state index contributed by atoms with van der Waals surface area (Å²) in [6, 6.07) is 3.50. The van der Waals surface area contributed by atoms with Crippen LogP contribution in [0.25, 0.3) is 0 Å². The lowest BCUT2D eigenvalue weighted by molar-refractivity contribution is -0.142. The number of ether oxygens (including phenoxy) is 1. The van der Waals surface area contributed by atoms with Gasteiger partial charge in [0.05, 0.1) is 12.8 Å². The van der Waals surface area contributed by atoms with Crippen molar-refractivity contribution in [2.45, 2.75) is 31.5 Å². The van der Waals surface area contributed by atoms with Gasteiger partial charge in [-0.25, -0.2) is 0 Å². The average molecular weight is 492 g/mol. The number of amides is 1. The van der Waals surface area contributed by atoms with Crippen LogP contribution in [0.15, 0.2) is 27.8 Å². The summed E-state index contributed by atoms with van der Waals surface area (Å²) in [5.74, 6) is 1.32. The second-order valence-corrected chi connectivity index (χ2v) is 6.97. The molecule has 0 aliphatic carbocycles. The highest BCUT2D eigenvalue weighted by atomic mass is 127. The molecule has 2 fully saturated rings. The van der Waals surface area contributed by atoms with E-state index in [2.05, 4.69) is 15.2 Å². The number of guanidine groups is 1. The first-order valence-corrected chi connectivity index (χ1v) is 9.13. The summed E-state index contributed by atoms with van der Waals surface area (Å²) in [4.78, 5) is 20.7. The van der Waals surface area contributed by atoms with E-state index in [9.17, 15) is 9.90 Å². The van der Waals surface area contributed by atoms with Gasteiger partial charge in [0, 0.05) is 39.8 Å². The Labute approximate surface area is 177 Å². The van der Waals surface area contributed by atoms with Crippen LogP contribution in [0.2, 0.25) is 0 Å². The zero-order chi connectivity index (χ0) is 18.6. The molecule has 2 saturated heterocycles. The van der Waals surface area contributed by atoms with Gasteiger partial charge in [-0.3, -0.25) is 9.79 Å². The smallest absolute Gasteiger partial charge is 0.251 e. The third-order valence-electron chi connectivity index (χ3n) is 4.95. The van der Waals surface area contributed by atoms with Crippen LogP contribution in [0.3, 0.4) is 0 Å². The Balaban J connectivity index is 0.00000261. The summed E-state index contributed by atoms with van der Waals surface area (Å²) in [6.45, 7) is 5.35. The Hall–Kier alpha value is -1.33. The number of aliphatic imine (C=N–C) groups is 1. The van der Waals surface area contributed by atoms with Crippen molar-refractivity contribution in [3.63, 3.8) is 0 Å². The predicted octanol–water partition coefficient (Wildman–Crippen LogP) is 1.00. The lowest BCUT2D eigenvalue weighted by atomic mass is 10.0. The molecule has 1 aromatic rings. The summed E-state index contributed by atoms with van der Waals surface area (Å²) >= 11 is 0. The maximum atomic E-state index is 12.4. The monoisotopic (exact) mass is 492 g/mol. The third-order valence-corrected chi connectivity index (χ3v) is 4.95. The topological polar surface area (TPSA) is 90.5 Å². The molecule has 2 atom stereocenters. The lowest BCUT2D eigenvalue weighted by Crippen LogP contribution is -2.56. The Morgan fingerprint density at radius 3 is 2.63 bits per heavy atom. The maximum absolute atomic E-state index is 12.4. The van der Waals surface area contributed by atoms with Crippen LogP contribution in [-0.4, -0.2) is 79.3 Å². The van der Waals surface area contributed by atoms with Crippen molar-refractivity contribution in [3.8, 4) is 0 Å². The third kappa shape index (κ3) is 5.35. The van der Waals surface area contributed by atoms with Crippen LogP contribution in [0.5, 0.6) is 0 Å². The maximum Gasteiger partial charge on any atom is 0.251 e. The minimum absolute atomic E-state index is 0. The van der Waals surface area contributed by atoms with Gasteiger partial charge in [-0.05, 0) is 31.9 Å². The molecule has 8 nitrogen and oxygen atoms in total. The summed E-state index contributed by atoms with van der Waals surface area (Å²) < 4.78 is 10.8. The molecule has 152 valence electrons. The molecular formula is C18H29IN4O4. The Kier molecular flexibility index (Phi) is 7.92. The molecule has 3 rings (SSSR count). The molecule has 0 bridgehead atoms. The molecule has 2 unspecified atom stereocenters. The Morgan fingerprint density at radius 1 is 1.37 bits per heavy atom. The van der Waals surface area contributed by atoms with Gasteiger partial charge in [0.2, 0.25) is 0 Å². The highest BCUT2D eigenvalue weighted by Gasteiger charge is 2.32. The summed E-state index contributed by atoms with van der Waals surface area (Å²) in [6.07, 6.45) is 3.07. The van der Waals surface area contributed by atoms with E-state index in [1.807, 2.05) is 4.90 Å². The normalized spacial score (nSPS) is 22.9. The zero-order valence-electron chi connectivity index (χ0n) is 15.9. The molecule has 0 spiro atoms. The molecular weight excluding hydrogens is 463 g/mol. The number of aliphatic hydroxyl groups is 1. The van der Waals surface area contributed by atoms with Crippen LogP contribution >= 0.6 is 24.0 Å². The number of hydrogen-bond acceptors (Lipinski definition) is 5. The van der Waals surface area contributed by atoms with Crippen molar-refractivity contribution in [1.82, 2.24) is 15.1 Å². The number of nitrogens with one attached hydrogen (secondary N) is 1. The second kappa shape index (κ2) is 9.74. The minimum atomic E-state index is -1.13. The van der Waals surface area contributed by atoms with E-state index in [1.165, 1.54) is 0 Å². The fourth-order valence-electron chi connectivity index (χ4n) is 3.37. The number of piperazine rings is 1. The predicted molar refractivity (Wildman–Crippen MR) is 112 cm³/mol. The molecule has 1 aromatic heterocycles. The Bertz CT molecular complexity index is 621. The first-order valence-electron chi connectivity index (χ1n) is 9.13. The van der Waals surface area contributed by atoms with Crippen LogP contribution < -0.4 is 5.32 Å². The van der Waals surface area contributed by atoms with E-state index in [0.29, 0.717) is 44.5 Å². The molecule has 2 N–H and O–H groups in total. The van der Waals surface area contributed by atoms with E-state index in [0.717, 1.165) is 12.8 Å². The van der Waals surface area contributed by atoms with E-state index in [-0.39, 0.29) is 42.5 Å². The van der Waals surface area contributed by atoms with Gasteiger partial charge in [0.25, 0.3) is 5.91 Å².